The summed E-state index contributed by atoms with van der Waals surface area (Å²) in [5, 5.41) is 0. The third-order valence-electron chi connectivity index (χ3n) is 1.39. The van der Waals surface area contributed by atoms with Gasteiger partial charge in [0.1, 0.15) is 0 Å². The molecule has 0 rings (SSSR count). The Morgan fingerprint density at radius 1 is 1.27 bits per heavy atom. The van der Waals surface area contributed by atoms with E-state index >= 15 is 0 Å². The fourth-order valence-corrected chi connectivity index (χ4v) is 0.994. The summed E-state index contributed by atoms with van der Waals surface area (Å²) in [7, 11) is 1.75. The lowest BCUT2D eigenvalue weighted by molar-refractivity contribution is 0.262. The van der Waals surface area contributed by atoms with Gasteiger partial charge in [-0.2, -0.15) is 0 Å². The Balaban J connectivity index is 3.94. The highest BCUT2D eigenvalue weighted by molar-refractivity contribution is 4.95. The van der Waals surface area contributed by atoms with E-state index in [1.54, 1.807) is 7.11 Å². The third kappa shape index (κ3) is 5.96. The van der Waals surface area contributed by atoms with Crippen LogP contribution in [0.4, 0.5) is 0 Å². The maximum absolute atomic E-state index is 5.23. The summed E-state index contributed by atoms with van der Waals surface area (Å²) in [5.41, 5.74) is 0. The lowest BCUT2D eigenvalue weighted by Crippen LogP contribution is -1.96. The smallest absolute Gasteiger partial charge is 0.0920 e. The van der Waals surface area contributed by atoms with Crippen LogP contribution in [0.2, 0.25) is 0 Å². The summed E-state index contributed by atoms with van der Waals surface area (Å²) < 4.78 is 5.23. The molecule has 0 aromatic carbocycles. The van der Waals surface area contributed by atoms with Crippen molar-refractivity contribution in [2.45, 2.75) is 34.1 Å². The molecular formula is C10H20O. The quantitative estimate of drug-likeness (QED) is 0.568. The molecule has 0 heterocycles. The van der Waals surface area contributed by atoms with Crippen LogP contribution >= 0.6 is 0 Å². The van der Waals surface area contributed by atoms with Gasteiger partial charge in [-0.05, 0) is 17.9 Å². The topological polar surface area (TPSA) is 9.23 Å². The highest BCUT2D eigenvalue weighted by Crippen LogP contribution is 2.13. The minimum Gasteiger partial charge on any atom is -0.501 e. The monoisotopic (exact) mass is 156 g/mol. The van der Waals surface area contributed by atoms with Crippen molar-refractivity contribution in [2.75, 3.05) is 7.11 Å². The number of rotatable bonds is 4. The predicted molar refractivity (Wildman–Crippen MR) is 49.4 cm³/mol. The second kappa shape index (κ2) is 5.22. The van der Waals surface area contributed by atoms with Gasteiger partial charge in [0.05, 0.1) is 12.9 Å². The van der Waals surface area contributed by atoms with Gasteiger partial charge < -0.3 is 4.74 Å². The fraction of sp³-hybridized carbons (Fsp3) is 0.800. The average Bonchev–Trinajstić information content (AvgIpc) is 1.84. The maximum Gasteiger partial charge on any atom is 0.0920 e. The molecule has 66 valence electrons. The van der Waals surface area contributed by atoms with Gasteiger partial charge in [0.25, 0.3) is 0 Å². The van der Waals surface area contributed by atoms with Crippen LogP contribution in [0.25, 0.3) is 0 Å². The number of methoxy groups -OCH3 is 1. The van der Waals surface area contributed by atoms with Crippen molar-refractivity contribution < 1.29 is 4.74 Å². The molecule has 0 N–H and O–H groups in total. The second-order valence-electron chi connectivity index (χ2n) is 3.68. The number of allylic oxidation sites excluding steroid dienone is 2. The summed E-state index contributed by atoms with van der Waals surface area (Å²) in [4.78, 5) is 0. The van der Waals surface area contributed by atoms with Gasteiger partial charge in [-0.1, -0.05) is 27.7 Å². The van der Waals surface area contributed by atoms with Crippen molar-refractivity contribution in [3.8, 4) is 0 Å². The van der Waals surface area contributed by atoms with E-state index in [9.17, 15) is 0 Å². The summed E-state index contributed by atoms with van der Waals surface area (Å²) in [5.74, 6) is 2.39. The van der Waals surface area contributed by atoms with Crippen molar-refractivity contribution in [3.63, 3.8) is 0 Å². The Kier molecular flexibility index (Phi) is 5.01. The summed E-state index contributed by atoms with van der Waals surface area (Å²) in [6.45, 7) is 8.74. The molecule has 0 atom stereocenters. The van der Waals surface area contributed by atoms with E-state index in [0.717, 1.165) is 12.2 Å². The molecule has 1 nitrogen and oxygen atoms in total. The Morgan fingerprint density at radius 2 is 1.82 bits per heavy atom. The zero-order valence-electron chi connectivity index (χ0n) is 8.35. The fourth-order valence-electron chi connectivity index (χ4n) is 0.994. The van der Waals surface area contributed by atoms with Gasteiger partial charge in [-0.25, -0.2) is 0 Å². The van der Waals surface area contributed by atoms with E-state index < -0.39 is 0 Å². The van der Waals surface area contributed by atoms with Gasteiger partial charge in [0, 0.05) is 6.42 Å². The highest BCUT2D eigenvalue weighted by atomic mass is 16.5. The summed E-state index contributed by atoms with van der Waals surface area (Å²) in [6.07, 6.45) is 3.23. The summed E-state index contributed by atoms with van der Waals surface area (Å²) in [6, 6.07) is 0. The van der Waals surface area contributed by atoms with Crippen molar-refractivity contribution in [2.24, 2.45) is 11.8 Å². The zero-order chi connectivity index (χ0) is 8.85. The molecule has 0 unspecified atom stereocenters. The van der Waals surface area contributed by atoms with E-state index in [0.29, 0.717) is 11.8 Å². The molecule has 0 aliphatic carbocycles. The van der Waals surface area contributed by atoms with Gasteiger partial charge in [0.15, 0.2) is 0 Å². The lowest BCUT2D eigenvalue weighted by atomic mass is 10.1. The van der Waals surface area contributed by atoms with Gasteiger partial charge >= 0.3 is 0 Å². The molecule has 1 heteroatoms. The molecule has 0 aromatic heterocycles. The van der Waals surface area contributed by atoms with Crippen LogP contribution < -0.4 is 0 Å². The minimum atomic E-state index is 0.587. The van der Waals surface area contributed by atoms with Crippen molar-refractivity contribution >= 4 is 0 Å². The van der Waals surface area contributed by atoms with Crippen LogP contribution in [0.1, 0.15) is 34.1 Å². The van der Waals surface area contributed by atoms with Gasteiger partial charge in [0.2, 0.25) is 0 Å². The zero-order valence-corrected chi connectivity index (χ0v) is 8.35. The molecule has 0 fully saturated rings. The number of hydrogen-bond donors (Lipinski definition) is 0. The SMILES string of the molecule is COC(=CC(C)C)CC(C)C. The Hall–Kier alpha value is -0.460. The first-order valence-electron chi connectivity index (χ1n) is 4.31. The molecule has 0 amide bonds. The molecular weight excluding hydrogens is 136 g/mol. The molecule has 0 saturated carbocycles. The maximum atomic E-state index is 5.23. The van der Waals surface area contributed by atoms with Crippen LogP contribution in [0.15, 0.2) is 11.8 Å². The highest BCUT2D eigenvalue weighted by Gasteiger charge is 2.01. The van der Waals surface area contributed by atoms with Crippen molar-refractivity contribution in [1.82, 2.24) is 0 Å². The van der Waals surface area contributed by atoms with Gasteiger partial charge in [-0.15, -0.1) is 0 Å². The van der Waals surface area contributed by atoms with E-state index in [-0.39, 0.29) is 0 Å². The Labute approximate surface area is 70.4 Å². The predicted octanol–water partition coefficient (Wildman–Crippen LogP) is 3.22. The molecule has 0 aliphatic rings. The first-order valence-corrected chi connectivity index (χ1v) is 4.31. The molecule has 0 spiro atoms. The average molecular weight is 156 g/mol. The second-order valence-corrected chi connectivity index (χ2v) is 3.68. The number of ether oxygens (including phenoxy) is 1. The standard InChI is InChI=1S/C10H20O/c1-8(2)6-10(11-5)7-9(3)4/h6,8-9H,7H2,1-5H3. The van der Waals surface area contributed by atoms with Crippen LogP contribution in [0.3, 0.4) is 0 Å². The molecule has 11 heavy (non-hydrogen) atoms. The first kappa shape index (κ1) is 10.5. The van der Waals surface area contributed by atoms with Crippen molar-refractivity contribution in [1.29, 1.82) is 0 Å². The largest absolute Gasteiger partial charge is 0.501 e. The summed E-state index contributed by atoms with van der Waals surface area (Å²) >= 11 is 0. The Morgan fingerprint density at radius 3 is 2.09 bits per heavy atom. The van der Waals surface area contributed by atoms with Gasteiger partial charge in [-0.3, -0.25) is 0 Å². The van der Waals surface area contributed by atoms with Crippen molar-refractivity contribution in [3.05, 3.63) is 11.8 Å². The normalized spacial score (nSPS) is 12.8. The molecule has 0 saturated heterocycles. The third-order valence-corrected chi connectivity index (χ3v) is 1.39. The molecule has 0 aliphatic heterocycles. The molecule has 0 radical (unpaired) electrons. The molecule has 0 aromatic rings. The first-order chi connectivity index (χ1) is 5.06. The van der Waals surface area contributed by atoms with E-state index in [1.807, 2.05) is 0 Å². The van der Waals surface area contributed by atoms with Crippen LogP contribution in [0.5, 0.6) is 0 Å². The number of hydrogen-bond acceptors (Lipinski definition) is 1. The molecule has 0 bridgehead atoms. The van der Waals surface area contributed by atoms with Crippen LogP contribution in [-0.4, -0.2) is 7.11 Å². The Bertz CT molecular complexity index is 123. The van der Waals surface area contributed by atoms with E-state index in [1.165, 1.54) is 0 Å². The lowest BCUT2D eigenvalue weighted by Gasteiger charge is -2.09. The van der Waals surface area contributed by atoms with E-state index in [4.69, 9.17) is 4.74 Å². The minimum absolute atomic E-state index is 0.587. The van der Waals surface area contributed by atoms with Crippen LogP contribution in [-0.2, 0) is 4.74 Å². The van der Waals surface area contributed by atoms with E-state index in [2.05, 4.69) is 33.8 Å². The van der Waals surface area contributed by atoms with Crippen LogP contribution in [0, 0.1) is 11.8 Å².